The van der Waals surface area contributed by atoms with Crippen LogP contribution in [0.25, 0.3) is 0 Å². The van der Waals surface area contributed by atoms with Crippen LogP contribution < -0.4 is 0 Å². The van der Waals surface area contributed by atoms with E-state index in [0.717, 1.165) is 135 Å². The zero-order valence-electron chi connectivity index (χ0n) is 42.0. The summed E-state index contributed by atoms with van der Waals surface area (Å²) in [4.78, 5) is 37.7. The van der Waals surface area contributed by atoms with Crippen molar-refractivity contribution in [2.75, 3.05) is 13.2 Å². The van der Waals surface area contributed by atoms with Crippen molar-refractivity contribution < 1.29 is 28.6 Å². The highest BCUT2D eigenvalue weighted by atomic mass is 16.6. The molecule has 0 radical (unpaired) electrons. The normalized spacial score (nSPS) is 13.0. The molecule has 0 fully saturated rings. The SMILES string of the molecule is CC/C=C\C/C=C\C/C=C\C/C=C\C/C=C\C/C=C\C/C=C\C/C=C\CCCCCCC(=O)OCC(COC(=O)CCCCCCCCC)OC(=O)CCCCCCC/C=C\CCCC. The Morgan fingerprint density at radius 3 is 1.00 bits per heavy atom. The lowest BCUT2D eigenvalue weighted by molar-refractivity contribution is -0.167. The summed E-state index contributed by atoms with van der Waals surface area (Å²) in [6, 6.07) is 0. The molecule has 6 nitrogen and oxygen atoms in total. The first kappa shape index (κ1) is 61.1. The number of unbranched alkanes of at least 4 members (excludes halogenated alkanes) is 17. The van der Waals surface area contributed by atoms with Crippen LogP contribution in [-0.4, -0.2) is 37.2 Å². The lowest BCUT2D eigenvalue weighted by Crippen LogP contribution is -2.30. The van der Waals surface area contributed by atoms with Crippen LogP contribution in [0.3, 0.4) is 0 Å². The largest absolute Gasteiger partial charge is 0.462 e. The standard InChI is InChI=1S/C59H96O6/c1-4-7-10-13-16-18-20-21-22-23-24-25-26-27-28-29-30-31-32-33-34-35-36-37-39-40-43-46-49-52-58(61)64-55-56(54-63-57(60)51-48-45-42-15-12-9-6-3)65-59(62)53-50-47-44-41-38-19-17-14-11-8-5-2/h7,10,14,16-18,21-22,24-25,27-28,30-31,33-34,36-37,56H,4-6,8-9,11-13,15,19-20,23,26,29,32,35,38-55H2,1-3H3/b10-7-,17-14-,18-16-,22-21-,25-24-,28-27-,31-30-,34-33-,37-36-. The lowest BCUT2D eigenvalue weighted by Gasteiger charge is -2.18. The molecule has 0 aromatic rings. The van der Waals surface area contributed by atoms with Crippen molar-refractivity contribution in [3.05, 3.63) is 109 Å². The minimum Gasteiger partial charge on any atom is -0.462 e. The molecule has 0 bridgehead atoms. The first-order chi connectivity index (χ1) is 32.0. The highest BCUT2D eigenvalue weighted by Crippen LogP contribution is 2.13. The van der Waals surface area contributed by atoms with Gasteiger partial charge in [-0.05, 0) is 103 Å². The van der Waals surface area contributed by atoms with Crippen molar-refractivity contribution in [3.63, 3.8) is 0 Å². The molecule has 0 amide bonds. The van der Waals surface area contributed by atoms with Gasteiger partial charge < -0.3 is 14.2 Å². The Bertz CT molecular complexity index is 1360. The average molecular weight is 901 g/mol. The highest BCUT2D eigenvalue weighted by Gasteiger charge is 2.19. The molecule has 0 aromatic heterocycles. The third-order valence-corrected chi connectivity index (χ3v) is 10.8. The summed E-state index contributed by atoms with van der Waals surface area (Å²) in [5, 5.41) is 0. The van der Waals surface area contributed by atoms with Gasteiger partial charge in [0, 0.05) is 19.3 Å². The van der Waals surface area contributed by atoms with Crippen LogP contribution in [0.1, 0.15) is 226 Å². The number of carbonyl (C=O) groups excluding carboxylic acids is 3. The predicted octanol–water partition coefficient (Wildman–Crippen LogP) is 17.5. The number of hydrogen-bond donors (Lipinski definition) is 0. The van der Waals surface area contributed by atoms with E-state index in [0.29, 0.717) is 19.3 Å². The summed E-state index contributed by atoms with van der Waals surface area (Å²) >= 11 is 0. The van der Waals surface area contributed by atoms with E-state index < -0.39 is 6.10 Å². The van der Waals surface area contributed by atoms with Crippen LogP contribution >= 0.6 is 0 Å². The van der Waals surface area contributed by atoms with Crippen molar-refractivity contribution in [3.8, 4) is 0 Å². The summed E-state index contributed by atoms with van der Waals surface area (Å²) < 4.78 is 16.7. The maximum absolute atomic E-state index is 12.7. The van der Waals surface area contributed by atoms with Crippen LogP contribution in [0.4, 0.5) is 0 Å². The second-order valence-electron chi connectivity index (χ2n) is 17.1. The van der Waals surface area contributed by atoms with Crippen LogP contribution in [-0.2, 0) is 28.6 Å². The maximum atomic E-state index is 12.7. The topological polar surface area (TPSA) is 78.9 Å². The monoisotopic (exact) mass is 901 g/mol. The summed E-state index contributed by atoms with van der Waals surface area (Å²) in [6.07, 6.45) is 71.0. The van der Waals surface area contributed by atoms with E-state index in [1.54, 1.807) is 0 Å². The van der Waals surface area contributed by atoms with Gasteiger partial charge in [-0.25, -0.2) is 0 Å². The molecule has 6 heteroatoms. The molecule has 368 valence electrons. The number of hydrogen-bond acceptors (Lipinski definition) is 6. The van der Waals surface area contributed by atoms with Gasteiger partial charge in [0.15, 0.2) is 6.10 Å². The molecule has 0 saturated heterocycles. The predicted molar refractivity (Wildman–Crippen MR) is 279 cm³/mol. The highest BCUT2D eigenvalue weighted by molar-refractivity contribution is 5.71. The minimum absolute atomic E-state index is 0.0904. The quantitative estimate of drug-likeness (QED) is 0.0262. The van der Waals surface area contributed by atoms with Crippen molar-refractivity contribution in [1.29, 1.82) is 0 Å². The van der Waals surface area contributed by atoms with E-state index in [9.17, 15) is 14.4 Å². The Morgan fingerprint density at radius 2 is 0.615 bits per heavy atom. The Morgan fingerprint density at radius 1 is 0.323 bits per heavy atom. The summed E-state index contributed by atoms with van der Waals surface area (Å²) in [5.41, 5.74) is 0. The van der Waals surface area contributed by atoms with Crippen molar-refractivity contribution >= 4 is 17.9 Å². The average Bonchev–Trinajstić information content (AvgIpc) is 3.30. The molecule has 0 saturated carbocycles. The van der Waals surface area contributed by atoms with Gasteiger partial charge in [-0.3, -0.25) is 14.4 Å². The summed E-state index contributed by atoms with van der Waals surface area (Å²) in [7, 11) is 0. The smallest absolute Gasteiger partial charge is 0.306 e. The van der Waals surface area contributed by atoms with Crippen LogP contribution in [0, 0.1) is 0 Å². The Labute approximate surface area is 400 Å². The number of carbonyl (C=O) groups is 3. The van der Waals surface area contributed by atoms with E-state index in [2.05, 4.69) is 130 Å². The number of esters is 3. The fourth-order valence-electron chi connectivity index (χ4n) is 6.79. The molecule has 0 aliphatic heterocycles. The second kappa shape index (κ2) is 52.7. The summed E-state index contributed by atoms with van der Waals surface area (Å²) in [5.74, 6) is -0.940. The molecule has 1 unspecified atom stereocenters. The molecule has 0 N–H and O–H groups in total. The third kappa shape index (κ3) is 50.9. The molecular weight excluding hydrogens is 805 g/mol. The van der Waals surface area contributed by atoms with E-state index >= 15 is 0 Å². The van der Waals surface area contributed by atoms with Crippen molar-refractivity contribution in [1.82, 2.24) is 0 Å². The maximum Gasteiger partial charge on any atom is 0.306 e. The molecule has 0 heterocycles. The lowest BCUT2D eigenvalue weighted by atomic mass is 10.1. The van der Waals surface area contributed by atoms with Gasteiger partial charge in [0.05, 0.1) is 0 Å². The zero-order valence-corrected chi connectivity index (χ0v) is 42.0. The van der Waals surface area contributed by atoms with E-state index in [1.165, 1.54) is 51.4 Å². The van der Waals surface area contributed by atoms with E-state index in [1.807, 2.05) is 0 Å². The Balaban J connectivity index is 4.22. The Hall–Kier alpha value is -3.93. The number of ether oxygens (including phenoxy) is 3. The molecule has 0 aromatic carbocycles. The van der Waals surface area contributed by atoms with Gasteiger partial charge in [-0.1, -0.05) is 214 Å². The summed E-state index contributed by atoms with van der Waals surface area (Å²) in [6.45, 7) is 6.39. The third-order valence-electron chi connectivity index (χ3n) is 10.8. The fraction of sp³-hybridized carbons (Fsp3) is 0.644. The first-order valence-corrected chi connectivity index (χ1v) is 26.4. The second-order valence-corrected chi connectivity index (χ2v) is 17.1. The van der Waals surface area contributed by atoms with Gasteiger partial charge in [0.1, 0.15) is 13.2 Å². The molecule has 0 aliphatic rings. The molecule has 0 rings (SSSR count). The van der Waals surface area contributed by atoms with E-state index in [-0.39, 0.29) is 31.1 Å². The first-order valence-electron chi connectivity index (χ1n) is 26.4. The molecule has 0 aliphatic carbocycles. The van der Waals surface area contributed by atoms with Gasteiger partial charge in [-0.2, -0.15) is 0 Å². The van der Waals surface area contributed by atoms with Gasteiger partial charge >= 0.3 is 17.9 Å². The molecule has 0 spiro atoms. The van der Waals surface area contributed by atoms with E-state index in [4.69, 9.17) is 14.2 Å². The van der Waals surface area contributed by atoms with Gasteiger partial charge in [0.2, 0.25) is 0 Å². The Kier molecular flexibility index (Phi) is 49.5. The zero-order chi connectivity index (χ0) is 47.2. The van der Waals surface area contributed by atoms with Crippen LogP contribution in [0.15, 0.2) is 109 Å². The number of allylic oxidation sites excluding steroid dienone is 18. The minimum atomic E-state index is -0.790. The van der Waals surface area contributed by atoms with Crippen LogP contribution in [0.2, 0.25) is 0 Å². The van der Waals surface area contributed by atoms with Crippen LogP contribution in [0.5, 0.6) is 0 Å². The van der Waals surface area contributed by atoms with Gasteiger partial charge in [0.25, 0.3) is 0 Å². The molecular formula is C59H96O6. The number of rotatable bonds is 46. The molecule has 1 atom stereocenters. The molecule has 65 heavy (non-hydrogen) atoms. The van der Waals surface area contributed by atoms with Crippen molar-refractivity contribution in [2.45, 2.75) is 232 Å². The fourth-order valence-corrected chi connectivity index (χ4v) is 6.79. The van der Waals surface area contributed by atoms with Crippen molar-refractivity contribution in [2.24, 2.45) is 0 Å². The van der Waals surface area contributed by atoms with Gasteiger partial charge in [-0.15, -0.1) is 0 Å².